The quantitative estimate of drug-likeness (QED) is 0.540. The van der Waals surface area contributed by atoms with Crippen LogP contribution in [0.25, 0.3) is 0 Å². The molecule has 1 saturated carbocycles. The summed E-state index contributed by atoms with van der Waals surface area (Å²) in [6.45, 7) is 1.80. The Morgan fingerprint density at radius 3 is 2.18 bits per heavy atom. The number of carbonyl (C=O) groups excluding carboxylic acids is 2. The molecular weight excluding hydrogens is 354 g/mol. The molecule has 0 radical (unpaired) electrons. The first kappa shape index (κ1) is 19.6. The SMILES string of the molecule is C/C(=N\NC(=O)c1ccc(O)cc1)c1ccc(NC(=O)C2CCCCC2)cc1. The molecule has 0 aliphatic heterocycles. The van der Waals surface area contributed by atoms with E-state index in [0.717, 1.165) is 36.9 Å². The first-order valence-electron chi connectivity index (χ1n) is 9.58. The number of aromatic hydroxyl groups is 1. The van der Waals surface area contributed by atoms with Gasteiger partial charge in [-0.05, 0) is 61.7 Å². The van der Waals surface area contributed by atoms with Crippen LogP contribution in [0.4, 0.5) is 5.69 Å². The summed E-state index contributed by atoms with van der Waals surface area (Å²) in [5.41, 5.74) is 5.18. The number of phenols is 1. The summed E-state index contributed by atoms with van der Waals surface area (Å²) in [4.78, 5) is 24.4. The first-order chi connectivity index (χ1) is 13.5. The van der Waals surface area contributed by atoms with Crippen LogP contribution in [0.1, 0.15) is 54.9 Å². The predicted octanol–water partition coefficient (Wildman–Crippen LogP) is 4.07. The standard InChI is InChI=1S/C22H25N3O3/c1-15(24-25-22(28)18-9-13-20(26)14-10-18)16-7-11-19(12-8-16)23-21(27)17-5-3-2-4-6-17/h7-14,17,26H,2-6H2,1H3,(H,23,27)(H,25,28)/b24-15+. The summed E-state index contributed by atoms with van der Waals surface area (Å²) >= 11 is 0. The molecule has 2 amide bonds. The molecule has 0 spiro atoms. The number of nitrogens with one attached hydrogen (secondary N) is 2. The fraction of sp³-hybridized carbons (Fsp3) is 0.318. The van der Waals surface area contributed by atoms with Gasteiger partial charge in [-0.1, -0.05) is 31.4 Å². The number of phenolic OH excluding ortho intramolecular Hbond substituents is 1. The second-order valence-corrected chi connectivity index (χ2v) is 7.09. The minimum absolute atomic E-state index is 0.0963. The number of anilines is 1. The Hall–Kier alpha value is -3.15. The van der Waals surface area contributed by atoms with E-state index in [1.807, 2.05) is 24.3 Å². The Bertz CT molecular complexity index is 852. The highest BCUT2D eigenvalue weighted by atomic mass is 16.3. The van der Waals surface area contributed by atoms with Gasteiger partial charge in [0.1, 0.15) is 5.75 Å². The smallest absolute Gasteiger partial charge is 0.271 e. The molecule has 0 unspecified atom stereocenters. The van der Waals surface area contributed by atoms with Crippen LogP contribution in [0, 0.1) is 5.92 Å². The van der Waals surface area contributed by atoms with Crippen LogP contribution in [0.5, 0.6) is 5.75 Å². The van der Waals surface area contributed by atoms with Crippen molar-refractivity contribution in [2.24, 2.45) is 11.0 Å². The van der Waals surface area contributed by atoms with Crippen molar-refractivity contribution in [3.05, 3.63) is 59.7 Å². The molecule has 0 bridgehead atoms. The van der Waals surface area contributed by atoms with E-state index in [-0.39, 0.29) is 23.5 Å². The predicted molar refractivity (Wildman–Crippen MR) is 109 cm³/mol. The molecule has 3 N–H and O–H groups in total. The lowest BCUT2D eigenvalue weighted by atomic mass is 9.88. The fourth-order valence-electron chi connectivity index (χ4n) is 3.28. The number of carbonyl (C=O) groups is 2. The summed E-state index contributed by atoms with van der Waals surface area (Å²) in [6, 6.07) is 13.4. The number of benzene rings is 2. The molecule has 146 valence electrons. The van der Waals surface area contributed by atoms with Crippen molar-refractivity contribution in [1.29, 1.82) is 0 Å². The van der Waals surface area contributed by atoms with Crippen LogP contribution in [-0.2, 0) is 4.79 Å². The zero-order valence-corrected chi connectivity index (χ0v) is 15.9. The maximum atomic E-state index is 12.3. The molecule has 6 nitrogen and oxygen atoms in total. The number of nitrogens with zero attached hydrogens (tertiary/aromatic N) is 1. The molecule has 1 fully saturated rings. The van der Waals surface area contributed by atoms with Gasteiger partial charge in [0.2, 0.25) is 5.91 Å². The number of hydrogen-bond acceptors (Lipinski definition) is 4. The molecule has 0 saturated heterocycles. The highest BCUT2D eigenvalue weighted by molar-refractivity contribution is 6.01. The zero-order chi connectivity index (χ0) is 19.9. The fourth-order valence-corrected chi connectivity index (χ4v) is 3.28. The van der Waals surface area contributed by atoms with Gasteiger partial charge in [0.25, 0.3) is 5.91 Å². The Morgan fingerprint density at radius 1 is 0.929 bits per heavy atom. The topological polar surface area (TPSA) is 90.8 Å². The molecule has 6 heteroatoms. The molecule has 0 aromatic heterocycles. The Kier molecular flexibility index (Phi) is 6.42. The van der Waals surface area contributed by atoms with Crippen molar-refractivity contribution in [3.63, 3.8) is 0 Å². The lowest BCUT2D eigenvalue weighted by Gasteiger charge is -2.20. The lowest BCUT2D eigenvalue weighted by molar-refractivity contribution is -0.120. The van der Waals surface area contributed by atoms with Crippen molar-refractivity contribution in [2.75, 3.05) is 5.32 Å². The van der Waals surface area contributed by atoms with Gasteiger partial charge in [0.15, 0.2) is 0 Å². The number of rotatable bonds is 5. The molecular formula is C22H25N3O3. The zero-order valence-electron chi connectivity index (χ0n) is 15.9. The summed E-state index contributed by atoms with van der Waals surface area (Å²) in [5.74, 6) is -0.0338. The van der Waals surface area contributed by atoms with Gasteiger partial charge in [-0.3, -0.25) is 9.59 Å². The van der Waals surface area contributed by atoms with E-state index in [0.29, 0.717) is 11.3 Å². The molecule has 2 aromatic carbocycles. The summed E-state index contributed by atoms with van der Waals surface area (Å²) < 4.78 is 0. The van der Waals surface area contributed by atoms with Crippen molar-refractivity contribution >= 4 is 23.2 Å². The van der Waals surface area contributed by atoms with E-state index in [1.54, 1.807) is 6.92 Å². The minimum Gasteiger partial charge on any atom is -0.508 e. The third-order valence-corrected chi connectivity index (χ3v) is 5.00. The van der Waals surface area contributed by atoms with Crippen molar-refractivity contribution < 1.29 is 14.7 Å². The number of hydrogen-bond donors (Lipinski definition) is 3. The summed E-state index contributed by atoms with van der Waals surface area (Å²) in [6.07, 6.45) is 5.41. The van der Waals surface area contributed by atoms with E-state index in [2.05, 4.69) is 15.8 Å². The average molecular weight is 379 g/mol. The highest BCUT2D eigenvalue weighted by Gasteiger charge is 2.20. The summed E-state index contributed by atoms with van der Waals surface area (Å²) in [7, 11) is 0. The van der Waals surface area contributed by atoms with Crippen LogP contribution < -0.4 is 10.7 Å². The third-order valence-electron chi connectivity index (χ3n) is 5.00. The number of hydrazone groups is 1. The molecule has 2 aromatic rings. The second-order valence-electron chi connectivity index (χ2n) is 7.09. The third kappa shape index (κ3) is 5.19. The van der Waals surface area contributed by atoms with Crippen LogP contribution in [0.3, 0.4) is 0 Å². The second kappa shape index (κ2) is 9.17. The highest BCUT2D eigenvalue weighted by Crippen LogP contribution is 2.25. The maximum Gasteiger partial charge on any atom is 0.271 e. The first-order valence-corrected chi connectivity index (χ1v) is 9.58. The van der Waals surface area contributed by atoms with E-state index in [4.69, 9.17) is 0 Å². The van der Waals surface area contributed by atoms with E-state index in [9.17, 15) is 14.7 Å². The maximum absolute atomic E-state index is 12.3. The van der Waals surface area contributed by atoms with Crippen LogP contribution in [0.15, 0.2) is 53.6 Å². The largest absolute Gasteiger partial charge is 0.508 e. The van der Waals surface area contributed by atoms with Crippen LogP contribution in [-0.4, -0.2) is 22.6 Å². The lowest BCUT2D eigenvalue weighted by Crippen LogP contribution is -2.24. The average Bonchev–Trinajstić information content (AvgIpc) is 2.73. The van der Waals surface area contributed by atoms with Gasteiger partial charge in [-0.2, -0.15) is 5.10 Å². The Labute approximate surface area is 164 Å². The van der Waals surface area contributed by atoms with Gasteiger partial charge in [0, 0.05) is 17.2 Å². The minimum atomic E-state index is -0.351. The molecule has 28 heavy (non-hydrogen) atoms. The molecule has 3 rings (SSSR count). The molecule has 1 aliphatic carbocycles. The van der Waals surface area contributed by atoms with Gasteiger partial charge < -0.3 is 10.4 Å². The molecule has 1 aliphatic rings. The van der Waals surface area contributed by atoms with Gasteiger partial charge in [-0.25, -0.2) is 5.43 Å². The number of amides is 2. The van der Waals surface area contributed by atoms with Crippen molar-refractivity contribution in [2.45, 2.75) is 39.0 Å². The van der Waals surface area contributed by atoms with Gasteiger partial charge >= 0.3 is 0 Å². The van der Waals surface area contributed by atoms with Gasteiger partial charge in [-0.15, -0.1) is 0 Å². The Balaban J connectivity index is 1.57. The van der Waals surface area contributed by atoms with Crippen molar-refractivity contribution in [3.8, 4) is 5.75 Å². The monoisotopic (exact) mass is 379 g/mol. The normalized spacial score (nSPS) is 15.1. The molecule has 0 heterocycles. The van der Waals surface area contributed by atoms with Crippen LogP contribution >= 0.6 is 0 Å². The van der Waals surface area contributed by atoms with E-state index >= 15 is 0 Å². The summed E-state index contributed by atoms with van der Waals surface area (Å²) in [5, 5.41) is 16.4. The van der Waals surface area contributed by atoms with Crippen LogP contribution in [0.2, 0.25) is 0 Å². The molecule has 0 atom stereocenters. The Morgan fingerprint density at radius 2 is 1.54 bits per heavy atom. The van der Waals surface area contributed by atoms with Crippen molar-refractivity contribution in [1.82, 2.24) is 5.43 Å². The van der Waals surface area contributed by atoms with E-state index < -0.39 is 0 Å². The van der Waals surface area contributed by atoms with Gasteiger partial charge in [0.05, 0.1) is 5.71 Å². The van der Waals surface area contributed by atoms with E-state index in [1.165, 1.54) is 30.7 Å².